The summed E-state index contributed by atoms with van der Waals surface area (Å²) >= 11 is 0. The Morgan fingerprint density at radius 3 is 2.42 bits per heavy atom. The van der Waals surface area contributed by atoms with Crippen LogP contribution in [0.5, 0.6) is 17.2 Å². The summed E-state index contributed by atoms with van der Waals surface area (Å²) in [6, 6.07) is 11.8. The standard InChI is InChI=1S/C21H17N5O9S/c1-33-18-5-3-2-4-15(18)24-36(31,32)21-9-14(25(27)28)6-7-16(21)23-22-11-13-8-19-20(35-12-34-19)10-17(13)26(29)30/h2-11,23-24H,12H2,1H3/b22-11+. The molecule has 0 unspecified atom stereocenters. The highest BCUT2D eigenvalue weighted by Gasteiger charge is 2.25. The number of rotatable bonds is 9. The molecule has 1 aliphatic rings. The van der Waals surface area contributed by atoms with Crippen molar-refractivity contribution in [3.63, 3.8) is 0 Å². The van der Waals surface area contributed by atoms with Crippen molar-refractivity contribution in [2.75, 3.05) is 24.1 Å². The molecule has 0 aliphatic carbocycles. The second-order valence-corrected chi connectivity index (χ2v) is 8.79. The summed E-state index contributed by atoms with van der Waals surface area (Å²) in [5.41, 5.74) is 1.73. The second-order valence-electron chi connectivity index (χ2n) is 7.13. The fourth-order valence-corrected chi connectivity index (χ4v) is 4.50. The zero-order valence-corrected chi connectivity index (χ0v) is 19.2. The number of methoxy groups -OCH3 is 1. The molecule has 186 valence electrons. The number of anilines is 2. The van der Waals surface area contributed by atoms with Gasteiger partial charge >= 0.3 is 0 Å². The second kappa shape index (κ2) is 9.75. The van der Waals surface area contributed by atoms with Crippen molar-refractivity contribution in [3.8, 4) is 17.2 Å². The minimum Gasteiger partial charge on any atom is -0.495 e. The van der Waals surface area contributed by atoms with Gasteiger partial charge in [-0.25, -0.2) is 8.42 Å². The van der Waals surface area contributed by atoms with Crippen LogP contribution in [0.1, 0.15) is 5.56 Å². The first-order chi connectivity index (χ1) is 17.2. The van der Waals surface area contributed by atoms with Crippen LogP contribution < -0.4 is 24.4 Å². The van der Waals surface area contributed by atoms with E-state index in [9.17, 15) is 28.6 Å². The van der Waals surface area contributed by atoms with E-state index in [1.165, 1.54) is 31.4 Å². The van der Waals surface area contributed by atoms with Crippen LogP contribution in [-0.2, 0) is 10.0 Å². The summed E-state index contributed by atoms with van der Waals surface area (Å²) in [6.45, 7) is -0.0887. The van der Waals surface area contributed by atoms with Crippen LogP contribution in [-0.4, -0.2) is 38.4 Å². The van der Waals surface area contributed by atoms with Crippen LogP contribution in [0.2, 0.25) is 0 Å². The van der Waals surface area contributed by atoms with Crippen LogP contribution in [0.25, 0.3) is 0 Å². The van der Waals surface area contributed by atoms with Crippen LogP contribution in [0.3, 0.4) is 0 Å². The molecule has 0 saturated carbocycles. The average Bonchev–Trinajstić information content (AvgIpc) is 3.31. The number of non-ortho nitro benzene ring substituents is 1. The van der Waals surface area contributed by atoms with Crippen molar-refractivity contribution in [1.82, 2.24) is 0 Å². The van der Waals surface area contributed by atoms with Gasteiger partial charge in [-0.2, -0.15) is 5.10 Å². The highest BCUT2D eigenvalue weighted by Crippen LogP contribution is 2.37. The van der Waals surface area contributed by atoms with E-state index in [1.54, 1.807) is 12.1 Å². The van der Waals surface area contributed by atoms with Gasteiger partial charge < -0.3 is 14.2 Å². The number of sulfonamides is 1. The number of nitrogens with one attached hydrogen (secondary N) is 2. The number of benzene rings is 3. The summed E-state index contributed by atoms with van der Waals surface area (Å²) in [6.07, 6.45) is 1.09. The number of nitrogens with zero attached hydrogens (tertiary/aromatic N) is 3. The van der Waals surface area contributed by atoms with Gasteiger partial charge in [0, 0.05) is 12.1 Å². The first-order valence-electron chi connectivity index (χ1n) is 10.0. The molecule has 0 spiro atoms. The van der Waals surface area contributed by atoms with Crippen molar-refractivity contribution >= 4 is 39.0 Å². The van der Waals surface area contributed by atoms with Gasteiger partial charge in [0.1, 0.15) is 10.6 Å². The molecule has 0 radical (unpaired) electrons. The maximum absolute atomic E-state index is 13.2. The average molecular weight is 515 g/mol. The Balaban J connectivity index is 1.69. The van der Waals surface area contributed by atoms with Gasteiger partial charge in [-0.05, 0) is 24.3 Å². The lowest BCUT2D eigenvalue weighted by molar-refractivity contribution is -0.385. The number of fused-ring (bicyclic) bond motifs is 1. The van der Waals surface area contributed by atoms with Crippen molar-refractivity contribution in [2.24, 2.45) is 5.10 Å². The van der Waals surface area contributed by atoms with Gasteiger partial charge in [-0.15, -0.1) is 0 Å². The Morgan fingerprint density at radius 2 is 1.72 bits per heavy atom. The first kappa shape index (κ1) is 24.2. The summed E-state index contributed by atoms with van der Waals surface area (Å²) in [5, 5.41) is 26.6. The predicted molar refractivity (Wildman–Crippen MR) is 127 cm³/mol. The van der Waals surface area contributed by atoms with E-state index in [4.69, 9.17) is 14.2 Å². The lowest BCUT2D eigenvalue weighted by Crippen LogP contribution is -2.15. The zero-order valence-electron chi connectivity index (χ0n) is 18.4. The Kier molecular flexibility index (Phi) is 6.56. The predicted octanol–water partition coefficient (Wildman–Crippen LogP) is 3.49. The monoisotopic (exact) mass is 515 g/mol. The third-order valence-corrected chi connectivity index (χ3v) is 6.33. The van der Waals surface area contributed by atoms with Gasteiger partial charge in [0.2, 0.25) is 6.79 Å². The molecule has 0 atom stereocenters. The fourth-order valence-electron chi connectivity index (χ4n) is 3.25. The van der Waals surface area contributed by atoms with E-state index in [1.807, 2.05) is 0 Å². The SMILES string of the molecule is COc1ccccc1NS(=O)(=O)c1cc([N+](=O)[O-])ccc1N/N=C/c1cc2c(cc1[N+](=O)[O-])OCO2. The molecule has 0 fully saturated rings. The molecule has 2 N–H and O–H groups in total. The quantitative estimate of drug-likeness (QED) is 0.243. The minimum atomic E-state index is -4.37. The molecule has 0 saturated heterocycles. The van der Waals surface area contributed by atoms with E-state index in [2.05, 4.69) is 15.2 Å². The van der Waals surface area contributed by atoms with E-state index in [-0.39, 0.29) is 46.7 Å². The van der Waals surface area contributed by atoms with E-state index < -0.39 is 30.5 Å². The Morgan fingerprint density at radius 1 is 1.00 bits per heavy atom. The largest absolute Gasteiger partial charge is 0.495 e. The van der Waals surface area contributed by atoms with Gasteiger partial charge in [-0.1, -0.05) is 12.1 Å². The van der Waals surface area contributed by atoms with Crippen molar-refractivity contribution in [3.05, 3.63) is 80.4 Å². The van der Waals surface area contributed by atoms with Crippen LogP contribution in [0, 0.1) is 20.2 Å². The number of nitro groups is 2. The third-order valence-electron chi connectivity index (χ3n) is 4.92. The molecule has 1 heterocycles. The Hall–Kier alpha value is -4.92. The van der Waals surface area contributed by atoms with Crippen molar-refractivity contribution < 1.29 is 32.5 Å². The molecular formula is C21H17N5O9S. The van der Waals surface area contributed by atoms with E-state index in [0.717, 1.165) is 24.4 Å². The Labute approximate surface area is 203 Å². The van der Waals surface area contributed by atoms with E-state index in [0.29, 0.717) is 0 Å². The number of hydrazone groups is 1. The maximum atomic E-state index is 13.2. The molecule has 4 rings (SSSR count). The molecule has 3 aromatic rings. The van der Waals surface area contributed by atoms with Gasteiger partial charge in [0.05, 0.1) is 46.2 Å². The fraction of sp³-hybridized carbons (Fsp3) is 0.0952. The maximum Gasteiger partial charge on any atom is 0.282 e. The third kappa shape index (κ3) is 4.95. The summed E-state index contributed by atoms with van der Waals surface area (Å²) in [4.78, 5) is 20.8. The Bertz CT molecular complexity index is 1490. The molecule has 0 aromatic heterocycles. The molecule has 0 amide bonds. The number of para-hydroxylation sites is 2. The highest BCUT2D eigenvalue weighted by atomic mass is 32.2. The molecule has 1 aliphatic heterocycles. The molecule has 3 aromatic carbocycles. The van der Waals surface area contributed by atoms with E-state index >= 15 is 0 Å². The number of hydrogen-bond acceptors (Lipinski definition) is 11. The lowest BCUT2D eigenvalue weighted by atomic mass is 10.1. The molecule has 14 nitrogen and oxygen atoms in total. The molecule has 0 bridgehead atoms. The van der Waals surface area contributed by atoms with Crippen molar-refractivity contribution in [2.45, 2.75) is 4.90 Å². The summed E-state index contributed by atoms with van der Waals surface area (Å²) < 4.78 is 44.2. The van der Waals surface area contributed by atoms with Gasteiger partial charge in [-0.3, -0.25) is 30.4 Å². The minimum absolute atomic E-state index is 0.0511. The molecule has 36 heavy (non-hydrogen) atoms. The number of hydrogen-bond donors (Lipinski definition) is 2. The molecule has 15 heteroatoms. The lowest BCUT2D eigenvalue weighted by Gasteiger charge is -2.14. The van der Waals surface area contributed by atoms with Crippen LogP contribution in [0.4, 0.5) is 22.7 Å². The first-order valence-corrected chi connectivity index (χ1v) is 11.5. The van der Waals surface area contributed by atoms with Crippen molar-refractivity contribution in [1.29, 1.82) is 0 Å². The zero-order chi connectivity index (χ0) is 25.9. The van der Waals surface area contributed by atoms with Crippen LogP contribution in [0.15, 0.2) is 64.6 Å². The molecular weight excluding hydrogens is 498 g/mol. The normalized spacial score (nSPS) is 12.4. The smallest absolute Gasteiger partial charge is 0.282 e. The number of ether oxygens (including phenoxy) is 3. The number of nitro benzene ring substituents is 2. The van der Waals surface area contributed by atoms with Crippen LogP contribution >= 0.6 is 0 Å². The van der Waals surface area contributed by atoms with Gasteiger partial charge in [0.25, 0.3) is 21.4 Å². The van der Waals surface area contributed by atoms with Gasteiger partial charge in [0.15, 0.2) is 11.5 Å². The highest BCUT2D eigenvalue weighted by molar-refractivity contribution is 7.93. The summed E-state index contributed by atoms with van der Waals surface area (Å²) in [5.74, 6) is 0.716. The summed E-state index contributed by atoms with van der Waals surface area (Å²) in [7, 11) is -3.01. The topological polar surface area (TPSA) is 185 Å².